The second-order valence-corrected chi connectivity index (χ2v) is 6.23. The fraction of sp³-hybridized carbons (Fsp3) is 0.222. The van der Waals surface area contributed by atoms with E-state index < -0.39 is 0 Å². The number of phenols is 1. The summed E-state index contributed by atoms with van der Waals surface area (Å²) in [5.41, 5.74) is 1.31. The van der Waals surface area contributed by atoms with Crippen LogP contribution in [0.25, 0.3) is 0 Å². The predicted molar refractivity (Wildman–Crippen MR) is 98.2 cm³/mol. The Morgan fingerprint density at radius 2 is 1.64 bits per heavy atom. The molecule has 0 saturated heterocycles. The SMILES string of the molecule is O=C(CCc1ccc(Cl)cc1Cl)NCCNC(=O)c1ccc(O)cc1. The zero-order valence-electron chi connectivity index (χ0n) is 13.4. The lowest BCUT2D eigenvalue weighted by Crippen LogP contribution is -2.34. The molecular formula is C18H18Cl2N2O3. The second-order valence-electron chi connectivity index (χ2n) is 5.39. The number of aryl methyl sites for hydroxylation is 1. The smallest absolute Gasteiger partial charge is 0.251 e. The number of phenolic OH excluding ortho intramolecular Hbond substituents is 1. The van der Waals surface area contributed by atoms with E-state index in [1.807, 2.05) is 0 Å². The molecule has 0 saturated carbocycles. The van der Waals surface area contributed by atoms with Crippen LogP contribution < -0.4 is 10.6 Å². The second kappa shape index (κ2) is 9.30. The van der Waals surface area contributed by atoms with E-state index in [0.717, 1.165) is 5.56 Å². The molecule has 5 nitrogen and oxygen atoms in total. The van der Waals surface area contributed by atoms with Crippen molar-refractivity contribution in [3.8, 4) is 5.75 Å². The van der Waals surface area contributed by atoms with Crippen LogP contribution in [0.2, 0.25) is 10.0 Å². The van der Waals surface area contributed by atoms with Gasteiger partial charge in [0.1, 0.15) is 5.75 Å². The average molecular weight is 381 g/mol. The molecule has 0 radical (unpaired) electrons. The fourth-order valence-corrected chi connectivity index (χ4v) is 2.66. The van der Waals surface area contributed by atoms with Gasteiger partial charge in [0.15, 0.2) is 0 Å². The van der Waals surface area contributed by atoms with Crippen LogP contribution in [0.15, 0.2) is 42.5 Å². The van der Waals surface area contributed by atoms with Gasteiger partial charge in [-0.25, -0.2) is 0 Å². The molecule has 2 aromatic carbocycles. The highest BCUT2D eigenvalue weighted by molar-refractivity contribution is 6.35. The van der Waals surface area contributed by atoms with Crippen LogP contribution in [0.1, 0.15) is 22.3 Å². The molecule has 0 aliphatic rings. The first kappa shape index (κ1) is 19.1. The topological polar surface area (TPSA) is 78.4 Å². The van der Waals surface area contributed by atoms with Gasteiger partial charge >= 0.3 is 0 Å². The lowest BCUT2D eigenvalue weighted by atomic mass is 10.1. The highest BCUT2D eigenvalue weighted by Crippen LogP contribution is 2.21. The maximum atomic E-state index is 11.8. The highest BCUT2D eigenvalue weighted by atomic mass is 35.5. The first-order valence-electron chi connectivity index (χ1n) is 7.73. The monoisotopic (exact) mass is 380 g/mol. The molecule has 2 amide bonds. The van der Waals surface area contributed by atoms with Gasteiger partial charge in [0.25, 0.3) is 5.91 Å². The van der Waals surface area contributed by atoms with Gasteiger partial charge in [-0.15, -0.1) is 0 Å². The van der Waals surface area contributed by atoms with Crippen molar-refractivity contribution in [1.29, 1.82) is 0 Å². The standard InChI is InChI=1S/C18H18Cl2N2O3/c19-14-5-1-12(16(20)11-14)4-8-17(24)21-9-10-22-18(25)13-2-6-15(23)7-3-13/h1-3,5-7,11,23H,4,8-10H2,(H,21,24)(H,22,25). The van der Waals surface area contributed by atoms with E-state index in [-0.39, 0.29) is 17.6 Å². The average Bonchev–Trinajstić information content (AvgIpc) is 2.58. The molecule has 0 bridgehead atoms. The van der Waals surface area contributed by atoms with Crippen molar-refractivity contribution < 1.29 is 14.7 Å². The molecule has 0 fully saturated rings. The van der Waals surface area contributed by atoms with Crippen LogP contribution in [0.5, 0.6) is 5.75 Å². The van der Waals surface area contributed by atoms with Gasteiger partial charge < -0.3 is 15.7 Å². The van der Waals surface area contributed by atoms with Crippen molar-refractivity contribution in [2.24, 2.45) is 0 Å². The molecule has 25 heavy (non-hydrogen) atoms. The van der Waals surface area contributed by atoms with Crippen molar-refractivity contribution in [3.63, 3.8) is 0 Å². The third-order valence-electron chi connectivity index (χ3n) is 3.50. The molecule has 0 spiro atoms. The molecule has 132 valence electrons. The predicted octanol–water partition coefficient (Wildman–Crippen LogP) is 3.18. The third kappa shape index (κ3) is 6.29. The van der Waals surface area contributed by atoms with Gasteiger partial charge in [0.05, 0.1) is 0 Å². The molecule has 0 aliphatic carbocycles. The number of benzene rings is 2. The molecule has 0 aliphatic heterocycles. The van der Waals surface area contributed by atoms with E-state index in [9.17, 15) is 14.7 Å². The van der Waals surface area contributed by atoms with E-state index in [0.29, 0.717) is 41.5 Å². The molecule has 0 aromatic heterocycles. The summed E-state index contributed by atoms with van der Waals surface area (Å²) in [5.74, 6) is -0.281. The van der Waals surface area contributed by atoms with Crippen molar-refractivity contribution >= 4 is 35.0 Å². The Balaban J connectivity index is 1.66. The maximum absolute atomic E-state index is 11.8. The van der Waals surface area contributed by atoms with Gasteiger partial charge in [0, 0.05) is 35.1 Å². The Morgan fingerprint density at radius 1 is 0.960 bits per heavy atom. The van der Waals surface area contributed by atoms with E-state index >= 15 is 0 Å². The van der Waals surface area contributed by atoms with Crippen molar-refractivity contribution in [2.75, 3.05) is 13.1 Å². The summed E-state index contributed by atoms with van der Waals surface area (Å²) in [7, 11) is 0. The summed E-state index contributed by atoms with van der Waals surface area (Å²) in [6, 6.07) is 11.1. The number of hydrogen-bond donors (Lipinski definition) is 3. The van der Waals surface area contributed by atoms with Gasteiger partial charge in [-0.3, -0.25) is 9.59 Å². The van der Waals surface area contributed by atoms with Crippen molar-refractivity contribution in [2.45, 2.75) is 12.8 Å². The normalized spacial score (nSPS) is 10.3. The number of aromatic hydroxyl groups is 1. The minimum absolute atomic E-state index is 0.101. The number of halogens is 2. The quantitative estimate of drug-likeness (QED) is 0.645. The minimum atomic E-state index is -0.262. The molecule has 2 aromatic rings. The Kier molecular flexibility index (Phi) is 7.10. The largest absolute Gasteiger partial charge is 0.508 e. The molecule has 7 heteroatoms. The number of amides is 2. The molecular weight excluding hydrogens is 363 g/mol. The molecule has 0 atom stereocenters. The molecule has 2 rings (SSSR count). The Hall–Kier alpha value is -2.24. The first-order valence-corrected chi connectivity index (χ1v) is 8.49. The van der Waals surface area contributed by atoms with Crippen LogP contribution in [0, 0.1) is 0 Å². The summed E-state index contributed by atoms with van der Waals surface area (Å²) in [5, 5.41) is 15.7. The zero-order chi connectivity index (χ0) is 18.2. The van der Waals surface area contributed by atoms with E-state index in [4.69, 9.17) is 23.2 Å². The van der Waals surface area contributed by atoms with Gasteiger partial charge in [0.2, 0.25) is 5.91 Å². The number of nitrogens with one attached hydrogen (secondary N) is 2. The van der Waals surface area contributed by atoms with E-state index in [1.54, 1.807) is 18.2 Å². The maximum Gasteiger partial charge on any atom is 0.251 e. The van der Waals surface area contributed by atoms with E-state index in [1.165, 1.54) is 24.3 Å². The summed E-state index contributed by atoms with van der Waals surface area (Å²) in [4.78, 5) is 23.7. The number of carbonyl (C=O) groups is 2. The van der Waals surface area contributed by atoms with Gasteiger partial charge in [-0.1, -0.05) is 29.3 Å². The van der Waals surface area contributed by atoms with Gasteiger partial charge in [-0.2, -0.15) is 0 Å². The summed E-state index contributed by atoms with van der Waals surface area (Å²) >= 11 is 11.9. The zero-order valence-corrected chi connectivity index (χ0v) is 14.9. The minimum Gasteiger partial charge on any atom is -0.508 e. The molecule has 0 unspecified atom stereocenters. The molecule has 3 N–H and O–H groups in total. The van der Waals surface area contributed by atoms with Crippen molar-refractivity contribution in [1.82, 2.24) is 10.6 Å². The Bertz CT molecular complexity index is 748. The fourth-order valence-electron chi connectivity index (χ4n) is 2.15. The van der Waals surface area contributed by atoms with E-state index in [2.05, 4.69) is 10.6 Å². The highest BCUT2D eigenvalue weighted by Gasteiger charge is 2.07. The summed E-state index contributed by atoms with van der Waals surface area (Å²) in [6.07, 6.45) is 0.814. The molecule has 0 heterocycles. The van der Waals surface area contributed by atoms with Crippen LogP contribution in [-0.4, -0.2) is 30.0 Å². The number of hydrogen-bond acceptors (Lipinski definition) is 3. The van der Waals surface area contributed by atoms with Crippen molar-refractivity contribution in [3.05, 3.63) is 63.6 Å². The van der Waals surface area contributed by atoms with Gasteiger partial charge in [-0.05, 0) is 48.4 Å². The third-order valence-corrected chi connectivity index (χ3v) is 4.09. The lowest BCUT2D eigenvalue weighted by Gasteiger charge is -2.08. The number of carbonyl (C=O) groups excluding carboxylic acids is 2. The summed E-state index contributed by atoms with van der Waals surface area (Å²) < 4.78 is 0. The lowest BCUT2D eigenvalue weighted by molar-refractivity contribution is -0.121. The van der Waals surface area contributed by atoms with Crippen LogP contribution >= 0.6 is 23.2 Å². The Labute approximate surface area is 156 Å². The first-order chi connectivity index (χ1) is 12.0. The van der Waals surface area contributed by atoms with Crippen LogP contribution in [0.4, 0.5) is 0 Å². The van der Waals surface area contributed by atoms with Crippen LogP contribution in [0.3, 0.4) is 0 Å². The Morgan fingerprint density at radius 3 is 2.32 bits per heavy atom. The van der Waals surface area contributed by atoms with Crippen LogP contribution in [-0.2, 0) is 11.2 Å². The summed E-state index contributed by atoms with van der Waals surface area (Å²) in [6.45, 7) is 0.643. The number of rotatable bonds is 7.